The van der Waals surface area contributed by atoms with Gasteiger partial charge in [0.25, 0.3) is 0 Å². The lowest BCUT2D eigenvalue weighted by atomic mass is 10.2. The summed E-state index contributed by atoms with van der Waals surface area (Å²) in [5.74, 6) is 1.57. The van der Waals surface area contributed by atoms with Crippen molar-refractivity contribution < 1.29 is 4.42 Å². The topological polar surface area (TPSA) is 43.0 Å². The Kier molecular flexibility index (Phi) is 4.89. The van der Waals surface area contributed by atoms with Crippen molar-refractivity contribution in [3.63, 3.8) is 0 Å². The minimum atomic E-state index is 0.616. The molecule has 1 N–H and O–H groups in total. The Hall–Kier alpha value is -1.26. The minimum absolute atomic E-state index is 0.616. The number of furan rings is 1. The Morgan fingerprint density at radius 3 is 2.75 bits per heavy atom. The molecule has 0 fully saturated rings. The third-order valence-corrected chi connectivity index (χ3v) is 3.84. The molecule has 0 unspecified atom stereocenters. The molecular formula is C15H22ClN3O. The smallest absolute Gasteiger partial charge is 0.129 e. The number of nitrogens with zero attached hydrogens (tertiary/aromatic N) is 2. The highest BCUT2D eigenvalue weighted by Gasteiger charge is 2.13. The van der Waals surface area contributed by atoms with E-state index >= 15 is 0 Å². The van der Waals surface area contributed by atoms with E-state index in [0.29, 0.717) is 12.5 Å². The molecular weight excluding hydrogens is 274 g/mol. The summed E-state index contributed by atoms with van der Waals surface area (Å²) in [5.41, 5.74) is 3.01. The molecule has 0 aliphatic heterocycles. The summed E-state index contributed by atoms with van der Waals surface area (Å²) in [6.45, 7) is 10.7. The lowest BCUT2D eigenvalue weighted by Gasteiger charge is -2.08. The third-order valence-electron chi connectivity index (χ3n) is 3.29. The van der Waals surface area contributed by atoms with Crippen molar-refractivity contribution in [2.24, 2.45) is 5.92 Å². The van der Waals surface area contributed by atoms with E-state index in [1.165, 1.54) is 5.56 Å². The average Bonchev–Trinajstić information content (AvgIpc) is 2.91. The van der Waals surface area contributed by atoms with Gasteiger partial charge < -0.3 is 9.73 Å². The Labute approximate surface area is 125 Å². The lowest BCUT2D eigenvalue weighted by molar-refractivity contribution is 0.466. The van der Waals surface area contributed by atoms with Gasteiger partial charge in [0.2, 0.25) is 0 Å². The van der Waals surface area contributed by atoms with Crippen LogP contribution in [0.5, 0.6) is 0 Å². The van der Waals surface area contributed by atoms with Gasteiger partial charge in [-0.05, 0) is 32.4 Å². The summed E-state index contributed by atoms with van der Waals surface area (Å²) < 4.78 is 7.48. The molecule has 0 spiro atoms. The molecule has 110 valence electrons. The molecule has 0 saturated carbocycles. The van der Waals surface area contributed by atoms with Crippen molar-refractivity contribution in [1.82, 2.24) is 15.1 Å². The predicted molar refractivity (Wildman–Crippen MR) is 81.1 cm³/mol. The molecule has 0 aliphatic rings. The molecule has 2 aromatic rings. The van der Waals surface area contributed by atoms with Gasteiger partial charge in [-0.15, -0.1) is 0 Å². The maximum Gasteiger partial charge on any atom is 0.129 e. The maximum atomic E-state index is 6.17. The molecule has 0 aromatic carbocycles. The van der Waals surface area contributed by atoms with Gasteiger partial charge >= 0.3 is 0 Å². The molecule has 0 bridgehead atoms. The van der Waals surface area contributed by atoms with E-state index in [1.54, 1.807) is 6.26 Å². The maximum absolute atomic E-state index is 6.17. The van der Waals surface area contributed by atoms with Gasteiger partial charge in [0.15, 0.2) is 0 Å². The summed E-state index contributed by atoms with van der Waals surface area (Å²) in [6.07, 6.45) is 1.73. The van der Waals surface area contributed by atoms with Gasteiger partial charge in [-0.1, -0.05) is 25.4 Å². The molecule has 0 radical (unpaired) electrons. The number of nitrogens with one attached hydrogen (secondary N) is 1. The van der Waals surface area contributed by atoms with Gasteiger partial charge in [0, 0.05) is 12.1 Å². The lowest BCUT2D eigenvalue weighted by Crippen LogP contribution is -2.19. The van der Waals surface area contributed by atoms with Crippen molar-refractivity contribution in [3.05, 3.63) is 40.1 Å². The van der Waals surface area contributed by atoms with Crippen molar-refractivity contribution in [1.29, 1.82) is 0 Å². The summed E-state index contributed by atoms with van der Waals surface area (Å²) >= 11 is 6.17. The van der Waals surface area contributed by atoms with E-state index in [-0.39, 0.29) is 0 Å². The molecule has 0 saturated heterocycles. The highest BCUT2D eigenvalue weighted by Crippen LogP contribution is 2.21. The third kappa shape index (κ3) is 3.44. The first-order chi connectivity index (χ1) is 9.49. The minimum Gasteiger partial charge on any atom is -0.467 e. The molecule has 2 heterocycles. The van der Waals surface area contributed by atoms with Crippen LogP contribution >= 0.6 is 11.6 Å². The molecule has 4 nitrogen and oxygen atoms in total. The largest absolute Gasteiger partial charge is 0.467 e. The normalized spacial score (nSPS) is 11.5. The molecule has 20 heavy (non-hydrogen) atoms. The standard InChI is InChI=1S/C15H22ClN3O/c1-10(2)7-17-8-13-5-6-20-14(13)9-19-12(4)15(16)11(3)18-19/h5-6,10,17H,7-9H2,1-4H3. The highest BCUT2D eigenvalue weighted by atomic mass is 35.5. The number of aromatic nitrogens is 2. The van der Waals surface area contributed by atoms with Gasteiger partial charge in [0.1, 0.15) is 5.76 Å². The Bertz CT molecular complexity index is 572. The van der Waals surface area contributed by atoms with Crippen LogP contribution in [-0.2, 0) is 13.1 Å². The SMILES string of the molecule is Cc1nn(Cc2occc2CNCC(C)C)c(C)c1Cl. The van der Waals surface area contributed by atoms with Crippen molar-refractivity contribution >= 4 is 11.6 Å². The highest BCUT2D eigenvalue weighted by molar-refractivity contribution is 6.31. The van der Waals surface area contributed by atoms with E-state index in [0.717, 1.165) is 35.3 Å². The van der Waals surface area contributed by atoms with Crippen LogP contribution in [0.1, 0.15) is 36.6 Å². The van der Waals surface area contributed by atoms with Gasteiger partial charge in [-0.2, -0.15) is 5.10 Å². The van der Waals surface area contributed by atoms with Crippen molar-refractivity contribution in [3.8, 4) is 0 Å². The van der Waals surface area contributed by atoms with Crippen LogP contribution < -0.4 is 5.32 Å². The summed E-state index contributed by atoms with van der Waals surface area (Å²) in [4.78, 5) is 0. The Morgan fingerprint density at radius 2 is 2.15 bits per heavy atom. The second-order valence-electron chi connectivity index (χ2n) is 5.54. The molecule has 0 aliphatic carbocycles. The van der Waals surface area contributed by atoms with Gasteiger partial charge in [-0.3, -0.25) is 4.68 Å². The summed E-state index contributed by atoms with van der Waals surface area (Å²) in [6, 6.07) is 2.01. The zero-order valence-electron chi connectivity index (χ0n) is 12.5. The predicted octanol–water partition coefficient (Wildman–Crippen LogP) is 3.54. The van der Waals surface area contributed by atoms with E-state index in [1.807, 2.05) is 24.6 Å². The van der Waals surface area contributed by atoms with E-state index in [4.69, 9.17) is 16.0 Å². The van der Waals surface area contributed by atoms with E-state index in [9.17, 15) is 0 Å². The summed E-state index contributed by atoms with van der Waals surface area (Å²) in [5, 5.41) is 8.60. The number of rotatable bonds is 6. The first kappa shape index (κ1) is 15.1. The first-order valence-corrected chi connectivity index (χ1v) is 7.32. The zero-order chi connectivity index (χ0) is 14.7. The fraction of sp³-hybridized carbons (Fsp3) is 0.533. The molecule has 0 atom stereocenters. The monoisotopic (exact) mass is 295 g/mol. The van der Waals surface area contributed by atoms with Crippen LogP contribution in [0.4, 0.5) is 0 Å². The molecule has 2 rings (SSSR count). The van der Waals surface area contributed by atoms with E-state index < -0.39 is 0 Å². The van der Waals surface area contributed by atoms with E-state index in [2.05, 4.69) is 24.3 Å². The van der Waals surface area contributed by atoms with Crippen molar-refractivity contribution in [2.45, 2.75) is 40.8 Å². The van der Waals surface area contributed by atoms with Crippen LogP contribution in [-0.4, -0.2) is 16.3 Å². The fourth-order valence-corrected chi connectivity index (χ4v) is 2.26. The fourth-order valence-electron chi connectivity index (χ4n) is 2.12. The van der Waals surface area contributed by atoms with Crippen LogP contribution in [0.25, 0.3) is 0 Å². The molecule has 2 aromatic heterocycles. The molecule has 0 amide bonds. The summed E-state index contributed by atoms with van der Waals surface area (Å²) in [7, 11) is 0. The number of aryl methyl sites for hydroxylation is 1. The molecule has 5 heteroatoms. The first-order valence-electron chi connectivity index (χ1n) is 6.94. The van der Waals surface area contributed by atoms with Crippen LogP contribution in [0.3, 0.4) is 0 Å². The number of hydrogen-bond donors (Lipinski definition) is 1. The van der Waals surface area contributed by atoms with Crippen LogP contribution in [0.2, 0.25) is 5.02 Å². The van der Waals surface area contributed by atoms with Crippen LogP contribution in [0.15, 0.2) is 16.7 Å². The number of halogens is 1. The van der Waals surface area contributed by atoms with Gasteiger partial charge in [0.05, 0.1) is 29.2 Å². The van der Waals surface area contributed by atoms with Gasteiger partial charge in [-0.25, -0.2) is 0 Å². The zero-order valence-corrected chi connectivity index (χ0v) is 13.3. The van der Waals surface area contributed by atoms with Crippen LogP contribution in [0, 0.1) is 19.8 Å². The Morgan fingerprint density at radius 1 is 1.40 bits per heavy atom. The Balaban J connectivity index is 2.06. The van der Waals surface area contributed by atoms with Crippen molar-refractivity contribution in [2.75, 3.05) is 6.54 Å². The quantitative estimate of drug-likeness (QED) is 0.886. The average molecular weight is 296 g/mol. The second-order valence-corrected chi connectivity index (χ2v) is 5.91. The number of hydrogen-bond acceptors (Lipinski definition) is 3. The second kappa shape index (κ2) is 6.46.